The molecule has 0 aliphatic heterocycles. The van der Waals surface area contributed by atoms with Crippen molar-refractivity contribution in [3.05, 3.63) is 24.5 Å². The number of H-pyrrole nitrogens is 1. The van der Waals surface area contributed by atoms with E-state index in [-0.39, 0.29) is 0 Å². The predicted molar refractivity (Wildman–Crippen MR) is 102 cm³/mol. The van der Waals surface area contributed by atoms with Gasteiger partial charge in [-0.15, -0.1) is 0 Å². The zero-order chi connectivity index (χ0) is 20.9. The Kier molecular flexibility index (Phi) is 11.9. The van der Waals surface area contributed by atoms with Gasteiger partial charge in [0.2, 0.25) is 0 Å². The molecule has 0 spiro atoms. The summed E-state index contributed by atoms with van der Waals surface area (Å²) in [5.41, 5.74) is 6.42. The van der Waals surface area contributed by atoms with E-state index in [0.717, 1.165) is 24.8 Å². The van der Waals surface area contributed by atoms with Crippen molar-refractivity contribution >= 4 is 22.8 Å². The van der Waals surface area contributed by atoms with Crippen LogP contribution in [0.4, 0.5) is 23.7 Å². The molecule has 1 aliphatic carbocycles. The van der Waals surface area contributed by atoms with E-state index in [1.807, 2.05) is 19.9 Å². The molecule has 1 aliphatic rings. The number of carboxylic acid groups (broad SMARTS) is 1. The number of aromatic nitrogens is 2. The van der Waals surface area contributed by atoms with Crippen molar-refractivity contribution in [1.82, 2.24) is 9.97 Å². The molecule has 0 bridgehead atoms. The van der Waals surface area contributed by atoms with Crippen molar-refractivity contribution in [2.45, 2.75) is 52.1 Å². The zero-order valence-corrected chi connectivity index (χ0v) is 15.9. The zero-order valence-electron chi connectivity index (χ0n) is 15.9. The number of carbonyl (C=O) groups is 1. The van der Waals surface area contributed by atoms with Crippen LogP contribution >= 0.6 is 0 Å². The number of fused-ring (bicyclic) bond motifs is 1. The average Bonchev–Trinajstić information content (AvgIpc) is 3.08. The van der Waals surface area contributed by atoms with Gasteiger partial charge in [0.05, 0.1) is 17.1 Å². The monoisotopic (exact) mass is 390 g/mol. The number of nitrogens with zero attached hydrogens (tertiary/aromatic N) is 1. The summed E-state index contributed by atoms with van der Waals surface area (Å²) in [6.07, 6.45) is 1.36. The largest absolute Gasteiger partial charge is 0.465 e. The van der Waals surface area contributed by atoms with Crippen LogP contribution in [0.3, 0.4) is 0 Å². The first-order valence-electron chi connectivity index (χ1n) is 8.94. The summed E-state index contributed by atoms with van der Waals surface area (Å²) in [5, 5.41) is 10.7. The van der Waals surface area contributed by atoms with E-state index in [1.165, 1.54) is 7.05 Å². The first-order valence-corrected chi connectivity index (χ1v) is 8.94. The molecule has 27 heavy (non-hydrogen) atoms. The quantitative estimate of drug-likeness (QED) is 0.524. The van der Waals surface area contributed by atoms with E-state index in [0.29, 0.717) is 24.0 Å². The number of nitrogens with one attached hydrogen (secondary N) is 2. The van der Waals surface area contributed by atoms with Gasteiger partial charge in [-0.1, -0.05) is 33.1 Å². The first kappa shape index (κ1) is 24.7. The van der Waals surface area contributed by atoms with E-state index < -0.39 is 18.2 Å². The number of hydrogen-bond acceptors (Lipinski definition) is 3. The van der Waals surface area contributed by atoms with Gasteiger partial charge in [0.15, 0.2) is 0 Å². The van der Waals surface area contributed by atoms with Gasteiger partial charge in [0.25, 0.3) is 0 Å². The molecule has 0 unspecified atom stereocenters. The summed E-state index contributed by atoms with van der Waals surface area (Å²) in [6.45, 7) is 4.00. The highest BCUT2D eigenvalue weighted by Gasteiger charge is 2.39. The second-order valence-electron chi connectivity index (χ2n) is 5.41. The first-order chi connectivity index (χ1) is 12.9. The SMILES string of the molecule is CC.CN.FC(F)(F)C1CCCCC1.O=C(O)Nc1c[nH]c2cccnc12. The Morgan fingerprint density at radius 2 is 1.85 bits per heavy atom. The van der Waals surface area contributed by atoms with Crippen molar-refractivity contribution in [3.8, 4) is 0 Å². The molecule has 9 heteroatoms. The van der Waals surface area contributed by atoms with Gasteiger partial charge in [-0.25, -0.2) is 4.79 Å². The topological polar surface area (TPSA) is 104 Å². The summed E-state index contributed by atoms with van der Waals surface area (Å²) >= 11 is 0. The van der Waals surface area contributed by atoms with Crippen LogP contribution in [0.25, 0.3) is 11.0 Å². The van der Waals surface area contributed by atoms with Gasteiger partial charge in [0, 0.05) is 12.4 Å². The minimum Gasteiger partial charge on any atom is -0.465 e. The molecule has 0 radical (unpaired) electrons. The van der Waals surface area contributed by atoms with E-state index in [9.17, 15) is 18.0 Å². The maximum Gasteiger partial charge on any atom is 0.409 e. The van der Waals surface area contributed by atoms with Crippen molar-refractivity contribution in [1.29, 1.82) is 0 Å². The minimum atomic E-state index is -3.93. The standard InChI is InChI=1S/C8H7N3O2.C7H11F3.C2H6.CH5N/c12-8(13)11-6-4-10-5-2-1-3-9-7(5)6;8-7(9,10)6-4-2-1-3-5-6;2*1-2/h1-4,10-11H,(H,12,13);6H,1-5H2;1-2H3;2H2,1H3. The molecular weight excluding hydrogens is 361 g/mol. The lowest BCUT2D eigenvalue weighted by Gasteiger charge is -2.23. The number of rotatable bonds is 1. The number of alkyl halides is 3. The van der Waals surface area contributed by atoms with Crippen LogP contribution < -0.4 is 11.1 Å². The fourth-order valence-corrected chi connectivity index (χ4v) is 2.60. The molecule has 0 atom stereocenters. The number of nitrogens with two attached hydrogens (primary N) is 1. The summed E-state index contributed by atoms with van der Waals surface area (Å²) < 4.78 is 35.8. The number of amides is 1. The summed E-state index contributed by atoms with van der Waals surface area (Å²) in [4.78, 5) is 17.3. The number of aromatic amines is 1. The summed E-state index contributed by atoms with van der Waals surface area (Å²) in [7, 11) is 1.50. The van der Waals surface area contributed by atoms with Crippen molar-refractivity contribution in [2.75, 3.05) is 12.4 Å². The third-order valence-electron chi connectivity index (χ3n) is 3.74. The van der Waals surface area contributed by atoms with Crippen LogP contribution in [0.15, 0.2) is 24.5 Å². The van der Waals surface area contributed by atoms with E-state index in [1.54, 1.807) is 18.5 Å². The lowest BCUT2D eigenvalue weighted by atomic mass is 9.89. The lowest BCUT2D eigenvalue weighted by Crippen LogP contribution is -2.24. The van der Waals surface area contributed by atoms with Crippen LogP contribution in [0.5, 0.6) is 0 Å². The van der Waals surface area contributed by atoms with Gasteiger partial charge in [-0.05, 0) is 32.0 Å². The minimum absolute atomic E-state index is 0.351. The Balaban J connectivity index is 0.000000434. The molecular formula is C18H29F3N4O2. The second-order valence-corrected chi connectivity index (χ2v) is 5.41. The van der Waals surface area contributed by atoms with Gasteiger partial charge < -0.3 is 15.8 Å². The van der Waals surface area contributed by atoms with Crippen molar-refractivity contribution in [2.24, 2.45) is 11.7 Å². The molecule has 0 aromatic carbocycles. The lowest BCUT2D eigenvalue weighted by molar-refractivity contribution is -0.181. The van der Waals surface area contributed by atoms with Gasteiger partial charge in [-0.2, -0.15) is 13.2 Å². The molecule has 0 saturated heterocycles. The third kappa shape index (κ3) is 8.76. The van der Waals surface area contributed by atoms with Crippen LogP contribution in [0, 0.1) is 5.92 Å². The van der Waals surface area contributed by atoms with E-state index in [4.69, 9.17) is 5.11 Å². The molecule has 5 N–H and O–H groups in total. The molecule has 154 valence electrons. The van der Waals surface area contributed by atoms with Crippen LogP contribution in [0.2, 0.25) is 0 Å². The Morgan fingerprint density at radius 3 is 2.33 bits per heavy atom. The smallest absolute Gasteiger partial charge is 0.409 e. The van der Waals surface area contributed by atoms with Crippen LogP contribution in [-0.4, -0.2) is 34.4 Å². The van der Waals surface area contributed by atoms with Gasteiger partial charge in [-0.3, -0.25) is 10.3 Å². The fraction of sp³-hybridized carbons (Fsp3) is 0.556. The van der Waals surface area contributed by atoms with E-state index in [2.05, 4.69) is 21.0 Å². The molecule has 2 aromatic heterocycles. The molecule has 1 amide bonds. The van der Waals surface area contributed by atoms with Crippen LogP contribution in [0.1, 0.15) is 46.0 Å². The average molecular weight is 390 g/mol. The van der Waals surface area contributed by atoms with Gasteiger partial charge >= 0.3 is 12.3 Å². The molecule has 6 nitrogen and oxygen atoms in total. The van der Waals surface area contributed by atoms with Crippen molar-refractivity contribution in [3.63, 3.8) is 0 Å². The predicted octanol–water partition coefficient (Wildman–Crippen LogP) is 5.38. The molecule has 2 aromatic rings. The Morgan fingerprint density at radius 1 is 1.26 bits per heavy atom. The van der Waals surface area contributed by atoms with Crippen molar-refractivity contribution < 1.29 is 23.1 Å². The molecule has 1 fully saturated rings. The Labute approximate surface area is 157 Å². The Hall–Kier alpha value is -2.29. The highest BCUT2D eigenvalue weighted by Crippen LogP contribution is 2.37. The number of pyridine rings is 1. The Bertz CT molecular complexity index is 653. The maximum absolute atomic E-state index is 11.9. The van der Waals surface area contributed by atoms with E-state index >= 15 is 0 Å². The highest BCUT2D eigenvalue weighted by atomic mass is 19.4. The van der Waals surface area contributed by atoms with Crippen LogP contribution in [-0.2, 0) is 0 Å². The highest BCUT2D eigenvalue weighted by molar-refractivity contribution is 5.96. The summed E-state index contributed by atoms with van der Waals surface area (Å²) in [5.74, 6) is -0.999. The molecule has 1 saturated carbocycles. The number of hydrogen-bond donors (Lipinski definition) is 4. The fourth-order valence-electron chi connectivity index (χ4n) is 2.60. The normalized spacial score (nSPS) is 13.9. The molecule has 2 heterocycles. The number of anilines is 1. The maximum atomic E-state index is 11.9. The number of halogens is 3. The third-order valence-corrected chi connectivity index (χ3v) is 3.74. The summed E-state index contributed by atoms with van der Waals surface area (Å²) in [6, 6.07) is 3.61. The second kappa shape index (κ2) is 13.0. The van der Waals surface area contributed by atoms with Gasteiger partial charge in [0.1, 0.15) is 5.52 Å². The molecule has 3 rings (SSSR count).